The van der Waals surface area contributed by atoms with Gasteiger partial charge in [0.2, 0.25) is 0 Å². The van der Waals surface area contributed by atoms with E-state index < -0.39 is 5.97 Å². The van der Waals surface area contributed by atoms with Crippen LogP contribution in [0.25, 0.3) is 10.8 Å². The maximum atomic E-state index is 12.3. The van der Waals surface area contributed by atoms with Crippen LogP contribution >= 0.6 is 0 Å². The van der Waals surface area contributed by atoms with Crippen molar-refractivity contribution >= 4 is 22.6 Å². The van der Waals surface area contributed by atoms with E-state index in [0.29, 0.717) is 24.5 Å². The standard InChI is InChI=1S/C21H19NO4/c1-22(20(23)15-5-3-2-4-6-15)11-12-26-19-10-9-16-13-18(21(24)25)8-7-17(16)14-19/h2-10,13-14H,11-12H2,1H3,(H,24,25). The Labute approximate surface area is 151 Å². The molecule has 0 fully saturated rings. The lowest BCUT2D eigenvalue weighted by Crippen LogP contribution is -2.30. The number of hydrogen-bond acceptors (Lipinski definition) is 3. The van der Waals surface area contributed by atoms with Crippen LogP contribution in [0.3, 0.4) is 0 Å². The summed E-state index contributed by atoms with van der Waals surface area (Å²) in [6, 6.07) is 19.6. The second kappa shape index (κ2) is 7.70. The zero-order chi connectivity index (χ0) is 18.5. The van der Waals surface area contributed by atoms with Gasteiger partial charge in [-0.25, -0.2) is 4.79 Å². The monoisotopic (exact) mass is 349 g/mol. The Bertz CT molecular complexity index is 937. The molecule has 1 N–H and O–H groups in total. The third-order valence-corrected chi connectivity index (χ3v) is 4.12. The smallest absolute Gasteiger partial charge is 0.335 e. The van der Waals surface area contributed by atoms with E-state index in [9.17, 15) is 9.59 Å². The molecule has 3 aromatic rings. The second-order valence-electron chi connectivity index (χ2n) is 5.97. The van der Waals surface area contributed by atoms with Gasteiger partial charge in [0.1, 0.15) is 12.4 Å². The van der Waals surface area contributed by atoms with Crippen LogP contribution in [0, 0.1) is 0 Å². The van der Waals surface area contributed by atoms with E-state index in [1.807, 2.05) is 30.3 Å². The minimum absolute atomic E-state index is 0.0473. The summed E-state index contributed by atoms with van der Waals surface area (Å²) in [4.78, 5) is 24.9. The van der Waals surface area contributed by atoms with Crippen LogP contribution in [-0.2, 0) is 0 Å². The molecule has 0 aliphatic heterocycles. The Morgan fingerprint density at radius 1 is 0.923 bits per heavy atom. The van der Waals surface area contributed by atoms with Crippen LogP contribution in [-0.4, -0.2) is 42.1 Å². The summed E-state index contributed by atoms with van der Waals surface area (Å²) in [5, 5.41) is 10.8. The molecule has 0 aliphatic carbocycles. The van der Waals surface area contributed by atoms with E-state index in [1.165, 1.54) is 0 Å². The Morgan fingerprint density at radius 2 is 1.62 bits per heavy atom. The summed E-state index contributed by atoms with van der Waals surface area (Å²) in [6.45, 7) is 0.831. The van der Waals surface area contributed by atoms with E-state index in [2.05, 4.69) is 0 Å². The highest BCUT2D eigenvalue weighted by Crippen LogP contribution is 2.22. The molecule has 3 aromatic carbocycles. The summed E-state index contributed by atoms with van der Waals surface area (Å²) in [5.74, 6) is -0.312. The highest BCUT2D eigenvalue weighted by Gasteiger charge is 2.11. The van der Waals surface area contributed by atoms with Crippen molar-refractivity contribution < 1.29 is 19.4 Å². The lowest BCUT2D eigenvalue weighted by atomic mass is 10.1. The number of benzene rings is 3. The van der Waals surface area contributed by atoms with Crippen molar-refractivity contribution in [2.45, 2.75) is 0 Å². The first-order valence-corrected chi connectivity index (χ1v) is 8.25. The third kappa shape index (κ3) is 4.00. The lowest BCUT2D eigenvalue weighted by molar-refractivity contribution is 0.0696. The molecule has 132 valence electrons. The topological polar surface area (TPSA) is 66.8 Å². The number of carboxylic acids is 1. The largest absolute Gasteiger partial charge is 0.492 e. The first-order valence-electron chi connectivity index (χ1n) is 8.25. The van der Waals surface area contributed by atoms with Gasteiger partial charge < -0.3 is 14.7 Å². The average Bonchev–Trinajstić information content (AvgIpc) is 2.67. The van der Waals surface area contributed by atoms with Crippen LogP contribution < -0.4 is 4.74 Å². The summed E-state index contributed by atoms with van der Waals surface area (Å²) < 4.78 is 5.74. The fourth-order valence-electron chi connectivity index (χ4n) is 2.65. The summed E-state index contributed by atoms with van der Waals surface area (Å²) in [5.41, 5.74) is 0.905. The van der Waals surface area contributed by atoms with Gasteiger partial charge in [0.15, 0.2) is 0 Å². The zero-order valence-corrected chi connectivity index (χ0v) is 14.4. The highest BCUT2D eigenvalue weighted by molar-refractivity contribution is 5.95. The van der Waals surface area contributed by atoms with E-state index >= 15 is 0 Å². The molecule has 0 saturated carbocycles. The zero-order valence-electron chi connectivity index (χ0n) is 14.4. The van der Waals surface area contributed by atoms with Crippen LogP contribution in [0.1, 0.15) is 20.7 Å². The summed E-state index contributed by atoms with van der Waals surface area (Å²) in [7, 11) is 1.74. The van der Waals surface area contributed by atoms with Crippen molar-refractivity contribution in [2.24, 2.45) is 0 Å². The Kier molecular flexibility index (Phi) is 5.17. The number of nitrogens with zero attached hydrogens (tertiary/aromatic N) is 1. The molecule has 26 heavy (non-hydrogen) atoms. The number of likely N-dealkylation sites (N-methyl/N-ethyl adjacent to an activating group) is 1. The van der Waals surface area contributed by atoms with Gasteiger partial charge in [-0.05, 0) is 47.2 Å². The summed E-state index contributed by atoms with van der Waals surface area (Å²) in [6.07, 6.45) is 0. The van der Waals surface area contributed by atoms with Gasteiger partial charge in [0.05, 0.1) is 12.1 Å². The summed E-state index contributed by atoms with van der Waals surface area (Å²) >= 11 is 0. The van der Waals surface area contributed by atoms with Crippen molar-refractivity contribution in [3.8, 4) is 5.75 Å². The van der Waals surface area contributed by atoms with Gasteiger partial charge in [0, 0.05) is 12.6 Å². The van der Waals surface area contributed by atoms with E-state index in [1.54, 1.807) is 48.3 Å². The number of aromatic carboxylic acids is 1. The molecule has 3 rings (SSSR count). The molecular formula is C21H19NO4. The molecular weight excluding hydrogens is 330 g/mol. The normalized spacial score (nSPS) is 10.5. The molecule has 5 heteroatoms. The predicted octanol–water partition coefficient (Wildman–Crippen LogP) is 3.69. The lowest BCUT2D eigenvalue weighted by Gasteiger charge is -2.17. The number of amides is 1. The number of ether oxygens (including phenoxy) is 1. The number of carbonyl (C=O) groups excluding carboxylic acids is 1. The maximum Gasteiger partial charge on any atom is 0.335 e. The fraction of sp³-hybridized carbons (Fsp3) is 0.143. The molecule has 0 aliphatic rings. The molecule has 0 atom stereocenters. The minimum atomic E-state index is -0.946. The van der Waals surface area contributed by atoms with Crippen molar-refractivity contribution in [2.75, 3.05) is 20.2 Å². The maximum absolute atomic E-state index is 12.3. The third-order valence-electron chi connectivity index (χ3n) is 4.12. The van der Waals surface area contributed by atoms with Crippen LogP contribution in [0.5, 0.6) is 5.75 Å². The minimum Gasteiger partial charge on any atom is -0.492 e. The Morgan fingerprint density at radius 3 is 2.35 bits per heavy atom. The van der Waals surface area contributed by atoms with Crippen LogP contribution in [0.2, 0.25) is 0 Å². The first kappa shape index (κ1) is 17.5. The van der Waals surface area contributed by atoms with Crippen molar-refractivity contribution in [1.29, 1.82) is 0 Å². The molecule has 0 saturated heterocycles. The molecule has 5 nitrogen and oxygen atoms in total. The SMILES string of the molecule is CN(CCOc1ccc2cc(C(=O)O)ccc2c1)C(=O)c1ccccc1. The number of carbonyl (C=O) groups is 2. The predicted molar refractivity (Wildman–Crippen MR) is 99.8 cm³/mol. The number of carboxylic acid groups (broad SMARTS) is 1. The number of hydrogen-bond donors (Lipinski definition) is 1. The van der Waals surface area contributed by atoms with Crippen LogP contribution in [0.4, 0.5) is 0 Å². The molecule has 0 aromatic heterocycles. The van der Waals surface area contributed by atoms with Gasteiger partial charge in [-0.2, -0.15) is 0 Å². The van der Waals surface area contributed by atoms with E-state index in [-0.39, 0.29) is 11.5 Å². The van der Waals surface area contributed by atoms with Gasteiger partial charge in [-0.15, -0.1) is 0 Å². The van der Waals surface area contributed by atoms with E-state index in [4.69, 9.17) is 9.84 Å². The Hall–Kier alpha value is -3.34. The second-order valence-corrected chi connectivity index (χ2v) is 5.97. The van der Waals surface area contributed by atoms with Gasteiger partial charge >= 0.3 is 5.97 Å². The molecule has 0 unspecified atom stereocenters. The van der Waals surface area contributed by atoms with Gasteiger partial charge in [-0.1, -0.05) is 30.3 Å². The first-order chi connectivity index (χ1) is 12.5. The average molecular weight is 349 g/mol. The van der Waals surface area contributed by atoms with Crippen molar-refractivity contribution in [3.63, 3.8) is 0 Å². The Balaban J connectivity index is 1.60. The molecule has 0 bridgehead atoms. The highest BCUT2D eigenvalue weighted by atomic mass is 16.5. The fourth-order valence-corrected chi connectivity index (χ4v) is 2.65. The quantitative estimate of drug-likeness (QED) is 0.737. The van der Waals surface area contributed by atoms with Gasteiger partial charge in [-0.3, -0.25) is 4.79 Å². The van der Waals surface area contributed by atoms with Crippen LogP contribution in [0.15, 0.2) is 66.7 Å². The van der Waals surface area contributed by atoms with Gasteiger partial charge in [0.25, 0.3) is 5.91 Å². The van der Waals surface area contributed by atoms with E-state index in [0.717, 1.165) is 10.8 Å². The van der Waals surface area contributed by atoms with Crippen molar-refractivity contribution in [3.05, 3.63) is 77.9 Å². The number of fused-ring (bicyclic) bond motifs is 1. The van der Waals surface area contributed by atoms with Crippen molar-refractivity contribution in [1.82, 2.24) is 4.90 Å². The molecule has 1 amide bonds. The molecule has 0 heterocycles. The number of rotatable bonds is 6. The molecule has 0 radical (unpaired) electrons. The molecule has 0 spiro atoms.